The Morgan fingerprint density at radius 3 is 1.92 bits per heavy atom. The van der Waals surface area contributed by atoms with Crippen LogP contribution in [0.25, 0.3) is 0 Å². The lowest BCUT2D eigenvalue weighted by molar-refractivity contribution is -0.141. The van der Waals surface area contributed by atoms with E-state index in [0.29, 0.717) is 0 Å². The fraction of sp³-hybridized carbons (Fsp3) is 0.615. The molecule has 26 heavy (non-hydrogen) atoms. The van der Waals surface area contributed by atoms with E-state index in [1.807, 2.05) is 5.32 Å². The van der Waals surface area contributed by atoms with Gasteiger partial charge < -0.3 is 37.0 Å². The number of aliphatic carboxylic acids is 2. The molecule has 0 aliphatic heterocycles. The number of hydrogen-bond acceptors (Lipinski definition) is 8. The molecule has 4 atom stereocenters. The molecule has 0 spiro atoms. The van der Waals surface area contributed by atoms with Gasteiger partial charge in [0.25, 0.3) is 0 Å². The van der Waals surface area contributed by atoms with E-state index in [9.17, 15) is 29.1 Å². The number of carbonyl (C=O) groups excluding carboxylic acids is 3. The molecule has 0 fully saturated rings. The fourth-order valence-corrected chi connectivity index (χ4v) is 1.88. The Morgan fingerprint density at radius 2 is 1.50 bits per heavy atom. The predicted octanol–water partition coefficient (Wildman–Crippen LogP) is -3.73. The molecule has 0 heterocycles. The van der Waals surface area contributed by atoms with Crippen LogP contribution in [0.2, 0.25) is 0 Å². The summed E-state index contributed by atoms with van der Waals surface area (Å²) in [6.07, 6.45) is -1.99. The van der Waals surface area contributed by atoms with Gasteiger partial charge in [-0.3, -0.25) is 24.0 Å². The standard InChI is InChI=1S/C13H22N4O8S/c1-5(18)10(14)13(25)17-7(4-26)12(24)16-6(2-8(19)20)11(23)15-3-9(21)22/h5-7,10,18,26H,2-4,14H2,1H3,(H,15,23)(H,16,24)(H,17,25)(H,19,20)(H,21,22). The molecule has 0 aromatic carbocycles. The first-order valence-corrected chi connectivity index (χ1v) is 7.99. The third-order valence-corrected chi connectivity index (χ3v) is 3.43. The van der Waals surface area contributed by atoms with Gasteiger partial charge in [0.1, 0.15) is 24.7 Å². The molecule has 0 aliphatic carbocycles. The van der Waals surface area contributed by atoms with Gasteiger partial charge in [0.05, 0.1) is 12.5 Å². The molecule has 4 unspecified atom stereocenters. The van der Waals surface area contributed by atoms with Crippen molar-refractivity contribution in [1.29, 1.82) is 0 Å². The van der Waals surface area contributed by atoms with E-state index in [1.165, 1.54) is 6.92 Å². The molecule has 8 N–H and O–H groups in total. The zero-order valence-corrected chi connectivity index (χ0v) is 14.7. The number of aliphatic hydroxyl groups is 1. The van der Waals surface area contributed by atoms with Crippen LogP contribution in [0.1, 0.15) is 13.3 Å². The molecule has 0 saturated heterocycles. The summed E-state index contributed by atoms with van der Waals surface area (Å²) in [5.74, 6) is -5.77. The van der Waals surface area contributed by atoms with Crippen LogP contribution in [0, 0.1) is 0 Å². The molecule has 0 aromatic heterocycles. The minimum absolute atomic E-state index is 0.208. The summed E-state index contributed by atoms with van der Waals surface area (Å²) in [7, 11) is 0. The lowest BCUT2D eigenvalue weighted by atomic mass is 10.1. The minimum atomic E-state index is -1.57. The molecule has 0 saturated carbocycles. The van der Waals surface area contributed by atoms with Crippen LogP contribution in [0.15, 0.2) is 0 Å². The quantitative estimate of drug-likeness (QED) is 0.162. The monoisotopic (exact) mass is 394 g/mol. The van der Waals surface area contributed by atoms with Crippen molar-refractivity contribution in [2.24, 2.45) is 5.73 Å². The topological polar surface area (TPSA) is 208 Å². The maximum absolute atomic E-state index is 12.2. The number of aliphatic hydroxyl groups excluding tert-OH is 1. The first kappa shape index (κ1) is 23.6. The Kier molecular flexibility index (Phi) is 10.2. The van der Waals surface area contributed by atoms with Gasteiger partial charge in [-0.1, -0.05) is 0 Å². The zero-order chi connectivity index (χ0) is 20.4. The number of nitrogens with one attached hydrogen (secondary N) is 3. The summed E-state index contributed by atoms with van der Waals surface area (Å²) in [6, 6.07) is -4.14. The summed E-state index contributed by atoms with van der Waals surface area (Å²) in [4.78, 5) is 57.1. The molecule has 0 bridgehead atoms. The number of nitrogens with two attached hydrogens (primary N) is 1. The summed E-state index contributed by atoms with van der Waals surface area (Å²) >= 11 is 3.89. The maximum Gasteiger partial charge on any atom is 0.322 e. The Labute approximate surface area is 153 Å². The number of hydrogen-bond donors (Lipinski definition) is 8. The number of rotatable bonds is 11. The van der Waals surface area contributed by atoms with Crippen molar-refractivity contribution in [3.63, 3.8) is 0 Å². The molecule has 3 amide bonds. The van der Waals surface area contributed by atoms with Crippen molar-refractivity contribution < 1.29 is 39.3 Å². The molecule has 0 aliphatic rings. The number of carboxylic acid groups (broad SMARTS) is 2. The van der Waals surface area contributed by atoms with Gasteiger partial charge >= 0.3 is 11.9 Å². The second-order valence-electron chi connectivity index (χ2n) is 5.28. The fourth-order valence-electron chi connectivity index (χ4n) is 1.62. The first-order chi connectivity index (χ1) is 12.0. The lowest BCUT2D eigenvalue weighted by Gasteiger charge is -2.23. The van der Waals surface area contributed by atoms with Crippen molar-refractivity contribution in [3.8, 4) is 0 Å². The summed E-state index contributed by atoms with van der Waals surface area (Å²) < 4.78 is 0. The van der Waals surface area contributed by atoms with Crippen LogP contribution in [0.4, 0.5) is 0 Å². The van der Waals surface area contributed by atoms with E-state index >= 15 is 0 Å². The zero-order valence-electron chi connectivity index (χ0n) is 13.8. The second-order valence-corrected chi connectivity index (χ2v) is 5.65. The highest BCUT2D eigenvalue weighted by Gasteiger charge is 2.29. The van der Waals surface area contributed by atoms with Gasteiger partial charge in [-0.25, -0.2) is 0 Å². The van der Waals surface area contributed by atoms with Crippen molar-refractivity contribution >= 4 is 42.3 Å². The third-order valence-electron chi connectivity index (χ3n) is 3.06. The Balaban J connectivity index is 5.01. The van der Waals surface area contributed by atoms with E-state index in [4.69, 9.17) is 15.9 Å². The van der Waals surface area contributed by atoms with Crippen LogP contribution in [-0.2, 0) is 24.0 Å². The second kappa shape index (κ2) is 11.3. The maximum atomic E-state index is 12.2. The highest BCUT2D eigenvalue weighted by atomic mass is 32.1. The largest absolute Gasteiger partial charge is 0.481 e. The van der Waals surface area contributed by atoms with Crippen molar-refractivity contribution in [2.45, 2.75) is 37.6 Å². The predicted molar refractivity (Wildman–Crippen MR) is 90.3 cm³/mol. The average molecular weight is 394 g/mol. The molecule has 0 aromatic rings. The van der Waals surface area contributed by atoms with Crippen LogP contribution in [-0.4, -0.2) is 81.5 Å². The van der Waals surface area contributed by atoms with Crippen molar-refractivity contribution in [3.05, 3.63) is 0 Å². The molecule has 13 heteroatoms. The number of thiol groups is 1. The van der Waals surface area contributed by atoms with Crippen LogP contribution in [0.5, 0.6) is 0 Å². The lowest BCUT2D eigenvalue weighted by Crippen LogP contribution is -2.58. The van der Waals surface area contributed by atoms with E-state index in [-0.39, 0.29) is 5.75 Å². The molecular weight excluding hydrogens is 372 g/mol. The van der Waals surface area contributed by atoms with Crippen LogP contribution >= 0.6 is 12.6 Å². The van der Waals surface area contributed by atoms with E-state index in [0.717, 1.165) is 0 Å². The molecular formula is C13H22N4O8S. The molecule has 148 valence electrons. The number of carbonyl (C=O) groups is 5. The van der Waals surface area contributed by atoms with Gasteiger partial charge in [-0.15, -0.1) is 0 Å². The van der Waals surface area contributed by atoms with Crippen molar-refractivity contribution in [1.82, 2.24) is 16.0 Å². The number of amides is 3. The highest BCUT2D eigenvalue weighted by molar-refractivity contribution is 7.80. The van der Waals surface area contributed by atoms with E-state index in [2.05, 4.69) is 23.3 Å². The number of carboxylic acids is 2. The van der Waals surface area contributed by atoms with Gasteiger partial charge in [0.15, 0.2) is 0 Å². The van der Waals surface area contributed by atoms with E-state index < -0.39 is 66.9 Å². The minimum Gasteiger partial charge on any atom is -0.481 e. The summed E-state index contributed by atoms with van der Waals surface area (Å²) in [6.45, 7) is 0.510. The van der Waals surface area contributed by atoms with Crippen molar-refractivity contribution in [2.75, 3.05) is 12.3 Å². The Bertz CT molecular complexity index is 556. The summed E-state index contributed by atoms with van der Waals surface area (Å²) in [5.41, 5.74) is 5.43. The van der Waals surface area contributed by atoms with Gasteiger partial charge in [-0.2, -0.15) is 12.6 Å². The molecule has 0 rings (SSSR count). The molecule has 12 nitrogen and oxygen atoms in total. The molecule has 0 radical (unpaired) electrons. The van der Waals surface area contributed by atoms with Crippen LogP contribution < -0.4 is 21.7 Å². The Hall–Kier alpha value is -2.38. The third kappa shape index (κ3) is 8.64. The normalized spacial score (nSPS) is 15.1. The first-order valence-electron chi connectivity index (χ1n) is 7.36. The smallest absolute Gasteiger partial charge is 0.322 e. The SMILES string of the molecule is CC(O)C(N)C(=O)NC(CS)C(=O)NC(CC(=O)O)C(=O)NCC(=O)O. The van der Waals surface area contributed by atoms with Gasteiger partial charge in [0.2, 0.25) is 17.7 Å². The van der Waals surface area contributed by atoms with Crippen LogP contribution in [0.3, 0.4) is 0 Å². The van der Waals surface area contributed by atoms with E-state index in [1.54, 1.807) is 0 Å². The highest BCUT2D eigenvalue weighted by Crippen LogP contribution is 1.98. The van der Waals surface area contributed by atoms with Gasteiger partial charge in [0, 0.05) is 5.75 Å². The average Bonchev–Trinajstić information content (AvgIpc) is 2.54. The Morgan fingerprint density at radius 1 is 0.962 bits per heavy atom. The summed E-state index contributed by atoms with van der Waals surface area (Å²) in [5, 5.41) is 32.9. The van der Waals surface area contributed by atoms with Gasteiger partial charge in [-0.05, 0) is 6.92 Å².